The molecule has 1 aromatic carbocycles. The molecule has 148 valence electrons. The molecule has 2 aromatic rings. The van der Waals surface area contributed by atoms with Crippen molar-refractivity contribution in [3.05, 3.63) is 41.5 Å². The topological polar surface area (TPSA) is 72.6 Å². The van der Waals surface area contributed by atoms with E-state index in [1.165, 1.54) is 23.9 Å². The number of hydrogen-bond acceptors (Lipinski definition) is 6. The van der Waals surface area contributed by atoms with Crippen molar-refractivity contribution in [3.63, 3.8) is 0 Å². The Morgan fingerprint density at radius 2 is 2.00 bits per heavy atom. The Bertz CT molecular complexity index is 919. The van der Waals surface area contributed by atoms with Crippen LogP contribution >= 0.6 is 11.8 Å². The van der Waals surface area contributed by atoms with Crippen molar-refractivity contribution in [1.82, 2.24) is 19.8 Å². The minimum absolute atomic E-state index is 0.229. The number of hydrogen-bond donors (Lipinski definition) is 0. The Hall–Kier alpha value is -2.42. The molecule has 9 heteroatoms. The van der Waals surface area contributed by atoms with Gasteiger partial charge in [-0.2, -0.15) is 9.78 Å². The number of carbonyl (C=O) groups excluding carboxylic acids is 1. The molecule has 1 aromatic heterocycles. The molecule has 1 atom stereocenters. The second kappa shape index (κ2) is 7.20. The minimum Gasteiger partial charge on any atom is -0.444 e. The van der Waals surface area contributed by atoms with Crippen molar-refractivity contribution in [1.29, 1.82) is 0 Å². The number of thioether (sulfide) groups is 1. The minimum atomic E-state index is -0.557. The fraction of sp³-hybridized carbons (Fsp3) is 0.474. The van der Waals surface area contributed by atoms with E-state index in [-0.39, 0.29) is 18.0 Å². The van der Waals surface area contributed by atoms with E-state index < -0.39 is 5.60 Å². The third-order valence-corrected chi connectivity index (χ3v) is 5.48. The molecule has 0 radical (unpaired) electrons. The van der Waals surface area contributed by atoms with Gasteiger partial charge in [-0.3, -0.25) is 4.90 Å². The molecule has 1 fully saturated rings. The normalized spacial score (nSPS) is 19.4. The molecule has 1 amide bonds. The molecule has 4 rings (SSSR count). The van der Waals surface area contributed by atoms with Crippen LogP contribution < -0.4 is 0 Å². The smallest absolute Gasteiger partial charge is 0.410 e. The summed E-state index contributed by atoms with van der Waals surface area (Å²) in [5, 5.41) is 14.0. The number of halogens is 1. The molecule has 1 saturated heterocycles. The van der Waals surface area contributed by atoms with Crippen LogP contribution in [0.15, 0.2) is 34.5 Å². The van der Waals surface area contributed by atoms with Crippen molar-refractivity contribution in [3.8, 4) is 0 Å². The Morgan fingerprint density at radius 1 is 1.25 bits per heavy atom. The van der Waals surface area contributed by atoms with Gasteiger partial charge in [0.2, 0.25) is 5.16 Å². The van der Waals surface area contributed by atoms with Gasteiger partial charge in [-0.25, -0.2) is 9.18 Å². The van der Waals surface area contributed by atoms with E-state index in [1.54, 1.807) is 21.7 Å². The van der Waals surface area contributed by atoms with Gasteiger partial charge in [0.1, 0.15) is 11.4 Å². The van der Waals surface area contributed by atoms with Crippen LogP contribution in [0.2, 0.25) is 0 Å². The Kier molecular flexibility index (Phi) is 4.86. The van der Waals surface area contributed by atoms with Crippen LogP contribution in [0.25, 0.3) is 0 Å². The maximum absolute atomic E-state index is 13.2. The van der Waals surface area contributed by atoms with E-state index in [1.807, 2.05) is 20.8 Å². The highest BCUT2D eigenvalue weighted by atomic mass is 32.2. The number of fused-ring (bicyclic) bond motifs is 1. The molecule has 3 heterocycles. The quantitative estimate of drug-likeness (QED) is 0.762. The molecule has 0 N–H and O–H groups in total. The lowest BCUT2D eigenvalue weighted by Crippen LogP contribution is -2.37. The van der Waals surface area contributed by atoms with Gasteiger partial charge < -0.3 is 4.74 Å². The fourth-order valence-corrected chi connectivity index (χ4v) is 4.15. The fourth-order valence-electron chi connectivity index (χ4n) is 3.31. The molecule has 7 nitrogen and oxygen atoms in total. The van der Waals surface area contributed by atoms with Gasteiger partial charge in [-0.05, 0) is 51.3 Å². The van der Waals surface area contributed by atoms with E-state index in [4.69, 9.17) is 9.84 Å². The highest BCUT2D eigenvalue weighted by Crippen LogP contribution is 2.35. The molecule has 1 unspecified atom stereocenters. The number of amides is 1. The van der Waals surface area contributed by atoms with Crippen molar-refractivity contribution < 1.29 is 13.9 Å². The van der Waals surface area contributed by atoms with Crippen molar-refractivity contribution in [2.75, 3.05) is 12.3 Å². The number of benzene rings is 1. The van der Waals surface area contributed by atoms with Crippen molar-refractivity contribution in [2.45, 2.75) is 50.4 Å². The van der Waals surface area contributed by atoms with Crippen LogP contribution in [-0.4, -0.2) is 49.5 Å². The average molecular weight is 403 g/mol. The highest BCUT2D eigenvalue weighted by Gasteiger charge is 2.37. The van der Waals surface area contributed by atoms with Crippen LogP contribution in [0.1, 0.15) is 51.0 Å². The summed E-state index contributed by atoms with van der Waals surface area (Å²) >= 11 is 1.53. The van der Waals surface area contributed by atoms with Crippen LogP contribution in [-0.2, 0) is 4.74 Å². The van der Waals surface area contributed by atoms with E-state index in [0.29, 0.717) is 23.3 Å². The number of aromatic nitrogens is 3. The number of carbonyl (C=O) groups is 1. The number of nitrogens with zero attached hydrogens (tertiary/aromatic N) is 5. The van der Waals surface area contributed by atoms with Gasteiger partial charge in [-0.15, -0.1) is 10.2 Å². The Morgan fingerprint density at radius 3 is 2.71 bits per heavy atom. The lowest BCUT2D eigenvalue weighted by Gasteiger charge is -2.28. The van der Waals surface area contributed by atoms with Gasteiger partial charge in [0.25, 0.3) is 0 Å². The van der Waals surface area contributed by atoms with Gasteiger partial charge in [0.15, 0.2) is 5.82 Å². The lowest BCUT2D eigenvalue weighted by molar-refractivity contribution is 0.0215. The first-order valence-corrected chi connectivity index (χ1v) is 10.2. The van der Waals surface area contributed by atoms with Crippen LogP contribution in [0.5, 0.6) is 0 Å². The maximum atomic E-state index is 13.2. The third-order valence-electron chi connectivity index (χ3n) is 4.55. The van der Waals surface area contributed by atoms with E-state index in [2.05, 4.69) is 10.2 Å². The molecular weight excluding hydrogens is 381 g/mol. The van der Waals surface area contributed by atoms with E-state index >= 15 is 0 Å². The average Bonchev–Trinajstić information content (AvgIpc) is 3.27. The zero-order chi connectivity index (χ0) is 19.9. The molecule has 28 heavy (non-hydrogen) atoms. The summed E-state index contributed by atoms with van der Waals surface area (Å²) < 4.78 is 20.5. The first kappa shape index (κ1) is 18.9. The first-order chi connectivity index (χ1) is 13.3. The highest BCUT2D eigenvalue weighted by molar-refractivity contribution is 7.99. The van der Waals surface area contributed by atoms with Gasteiger partial charge in [0.05, 0.1) is 11.8 Å². The first-order valence-electron chi connectivity index (χ1n) is 9.23. The SMILES string of the molecule is CC(C)(C)OC(=O)N1CCCC1c1nnc2n1N=C(c1ccc(F)cc1)CS2. The molecule has 0 saturated carbocycles. The summed E-state index contributed by atoms with van der Waals surface area (Å²) in [6.45, 7) is 6.17. The number of ether oxygens (including phenoxy) is 1. The van der Waals surface area contributed by atoms with Crippen molar-refractivity contribution >= 4 is 23.6 Å². The largest absolute Gasteiger partial charge is 0.444 e. The summed E-state index contributed by atoms with van der Waals surface area (Å²) in [7, 11) is 0. The molecule has 0 aliphatic carbocycles. The van der Waals surface area contributed by atoms with E-state index in [0.717, 1.165) is 24.1 Å². The standard InChI is InChI=1S/C19H22FN5O2S/c1-19(2,3)27-18(26)24-10-4-5-15(24)16-21-22-17-25(16)23-14(11-28-17)12-6-8-13(20)9-7-12/h6-9,15H,4-5,10-11H2,1-3H3. The monoisotopic (exact) mass is 403 g/mol. The van der Waals surface area contributed by atoms with Gasteiger partial charge in [0, 0.05) is 12.3 Å². The van der Waals surface area contributed by atoms with Crippen LogP contribution in [0.4, 0.5) is 9.18 Å². The van der Waals surface area contributed by atoms with E-state index in [9.17, 15) is 9.18 Å². The number of likely N-dealkylation sites (tertiary alicyclic amines) is 1. The molecule has 2 aliphatic heterocycles. The third kappa shape index (κ3) is 3.76. The Balaban J connectivity index is 1.64. The second-order valence-corrected chi connectivity index (χ2v) is 8.77. The Labute approximate surface area is 167 Å². The summed E-state index contributed by atoms with van der Waals surface area (Å²) in [6, 6.07) is 6.05. The zero-order valence-electron chi connectivity index (χ0n) is 16.1. The summed E-state index contributed by atoms with van der Waals surface area (Å²) in [5.74, 6) is 0.979. The van der Waals surface area contributed by atoms with Gasteiger partial charge in [-0.1, -0.05) is 23.9 Å². The summed E-state index contributed by atoms with van der Waals surface area (Å²) in [6.07, 6.45) is 1.30. The van der Waals surface area contributed by atoms with Gasteiger partial charge >= 0.3 is 6.09 Å². The summed E-state index contributed by atoms with van der Waals surface area (Å²) in [4.78, 5) is 14.3. The summed E-state index contributed by atoms with van der Waals surface area (Å²) in [5.41, 5.74) is 1.12. The predicted molar refractivity (Wildman–Crippen MR) is 104 cm³/mol. The lowest BCUT2D eigenvalue weighted by atomic mass is 10.1. The second-order valence-electron chi connectivity index (χ2n) is 7.83. The van der Waals surface area contributed by atoms with Crippen molar-refractivity contribution in [2.24, 2.45) is 5.10 Å². The van der Waals surface area contributed by atoms with Crippen LogP contribution in [0, 0.1) is 5.82 Å². The van der Waals surface area contributed by atoms with Crippen LogP contribution in [0.3, 0.4) is 0 Å². The maximum Gasteiger partial charge on any atom is 0.410 e. The molecule has 0 bridgehead atoms. The number of rotatable bonds is 2. The molecular formula is C19H22FN5O2S. The molecule has 0 spiro atoms. The zero-order valence-corrected chi connectivity index (χ0v) is 16.9. The predicted octanol–water partition coefficient (Wildman–Crippen LogP) is 3.85. The molecule has 2 aliphatic rings.